The Bertz CT molecular complexity index is 711. The van der Waals surface area contributed by atoms with Gasteiger partial charge in [0.1, 0.15) is 0 Å². The van der Waals surface area contributed by atoms with Crippen LogP contribution >= 0.6 is 15.9 Å². The second-order valence-electron chi connectivity index (χ2n) is 3.83. The van der Waals surface area contributed by atoms with E-state index in [4.69, 9.17) is 0 Å². The molecule has 19 heavy (non-hydrogen) atoms. The van der Waals surface area contributed by atoms with E-state index in [1.807, 2.05) is 0 Å². The van der Waals surface area contributed by atoms with Gasteiger partial charge in [0.2, 0.25) is 5.95 Å². The van der Waals surface area contributed by atoms with E-state index in [1.54, 1.807) is 24.3 Å². The molecule has 0 amide bonds. The summed E-state index contributed by atoms with van der Waals surface area (Å²) in [5.74, 6) is 0.0271. The van der Waals surface area contributed by atoms with Gasteiger partial charge in [-0.25, -0.2) is 4.98 Å². The smallest absolute Gasteiger partial charge is 0.322 e. The molecule has 2 heterocycles. The van der Waals surface area contributed by atoms with Crippen molar-refractivity contribution < 1.29 is 13.2 Å². The molecule has 98 valence electrons. The molecule has 0 fully saturated rings. The van der Waals surface area contributed by atoms with Crippen LogP contribution in [0.1, 0.15) is 5.69 Å². The normalized spacial score (nSPS) is 12.2. The van der Waals surface area contributed by atoms with Crippen LogP contribution in [0.2, 0.25) is 0 Å². The standard InChI is InChI=1S/C11H6BrF3N4/c12-6-5-16-19(9(6)11(13,14)15)10-17-7-3-1-2-4-8(7)18-10/h1-5H,(H,17,18). The van der Waals surface area contributed by atoms with E-state index in [0.717, 1.165) is 10.9 Å². The first-order valence-corrected chi connectivity index (χ1v) is 6.02. The maximum Gasteiger partial charge on any atom is 0.434 e. The van der Waals surface area contributed by atoms with E-state index < -0.39 is 11.9 Å². The number of aromatic amines is 1. The zero-order valence-electron chi connectivity index (χ0n) is 9.24. The Balaban J connectivity index is 2.22. The van der Waals surface area contributed by atoms with Gasteiger partial charge in [-0.2, -0.15) is 23.0 Å². The molecule has 3 aromatic rings. The molecule has 1 aromatic carbocycles. The van der Waals surface area contributed by atoms with Crippen LogP contribution in [0.3, 0.4) is 0 Å². The molecule has 2 aromatic heterocycles. The number of halogens is 4. The molecule has 0 saturated carbocycles. The summed E-state index contributed by atoms with van der Waals surface area (Å²) in [5.41, 5.74) is 0.334. The van der Waals surface area contributed by atoms with Crippen molar-refractivity contribution in [3.05, 3.63) is 40.6 Å². The number of para-hydroxylation sites is 2. The number of aromatic nitrogens is 4. The lowest BCUT2D eigenvalue weighted by molar-refractivity contribution is -0.143. The van der Waals surface area contributed by atoms with Gasteiger partial charge in [0, 0.05) is 0 Å². The van der Waals surface area contributed by atoms with E-state index in [0.29, 0.717) is 11.0 Å². The SMILES string of the molecule is FC(F)(F)c1c(Br)cnn1-c1nc2ccccc2[nH]1. The molecule has 4 nitrogen and oxygen atoms in total. The molecular weight excluding hydrogens is 325 g/mol. The molecule has 0 unspecified atom stereocenters. The van der Waals surface area contributed by atoms with Gasteiger partial charge < -0.3 is 4.98 Å². The first-order valence-electron chi connectivity index (χ1n) is 5.22. The fraction of sp³-hybridized carbons (Fsp3) is 0.0909. The molecule has 0 aliphatic rings. The maximum absolute atomic E-state index is 13.0. The summed E-state index contributed by atoms with van der Waals surface area (Å²) < 4.78 is 39.5. The number of imidazole rings is 1. The molecule has 3 rings (SSSR count). The summed E-state index contributed by atoms with van der Waals surface area (Å²) in [6, 6.07) is 6.98. The lowest BCUT2D eigenvalue weighted by Gasteiger charge is -2.08. The highest BCUT2D eigenvalue weighted by Crippen LogP contribution is 2.35. The number of hydrogen-bond donors (Lipinski definition) is 1. The Morgan fingerprint density at radius 1 is 1.21 bits per heavy atom. The van der Waals surface area contributed by atoms with Crippen LogP contribution in [-0.2, 0) is 6.18 Å². The molecule has 8 heteroatoms. The Hall–Kier alpha value is -1.83. The minimum absolute atomic E-state index is 0.0271. The monoisotopic (exact) mass is 330 g/mol. The Morgan fingerprint density at radius 2 is 1.95 bits per heavy atom. The molecular formula is C11H6BrF3N4. The molecule has 0 atom stereocenters. The van der Waals surface area contributed by atoms with Crippen molar-refractivity contribution in [3.63, 3.8) is 0 Å². The van der Waals surface area contributed by atoms with Crippen molar-refractivity contribution >= 4 is 27.0 Å². The molecule has 0 saturated heterocycles. The first-order chi connectivity index (χ1) is 8.97. The molecule has 1 N–H and O–H groups in total. The van der Waals surface area contributed by atoms with Gasteiger partial charge in [-0.15, -0.1) is 0 Å². The minimum atomic E-state index is -4.52. The van der Waals surface area contributed by atoms with Crippen LogP contribution in [0.15, 0.2) is 34.9 Å². The van der Waals surface area contributed by atoms with Gasteiger partial charge >= 0.3 is 6.18 Å². The number of H-pyrrole nitrogens is 1. The Morgan fingerprint density at radius 3 is 2.63 bits per heavy atom. The third-order valence-electron chi connectivity index (χ3n) is 2.57. The van der Waals surface area contributed by atoms with Crippen LogP contribution < -0.4 is 0 Å². The van der Waals surface area contributed by atoms with Gasteiger partial charge in [0.15, 0.2) is 5.69 Å². The third-order valence-corrected chi connectivity index (χ3v) is 3.15. The highest BCUT2D eigenvalue weighted by Gasteiger charge is 2.38. The molecule has 0 spiro atoms. The Labute approximate surface area is 113 Å². The quantitative estimate of drug-likeness (QED) is 0.741. The first kappa shape index (κ1) is 12.2. The summed E-state index contributed by atoms with van der Waals surface area (Å²) in [6.07, 6.45) is -3.43. The van der Waals surface area contributed by atoms with E-state index in [1.165, 1.54) is 0 Å². The largest absolute Gasteiger partial charge is 0.434 e. The number of hydrogen-bond acceptors (Lipinski definition) is 2. The average molecular weight is 331 g/mol. The predicted octanol–water partition coefficient (Wildman–Crippen LogP) is 3.53. The van der Waals surface area contributed by atoms with Crippen LogP contribution in [0.5, 0.6) is 0 Å². The van der Waals surface area contributed by atoms with E-state index in [-0.39, 0.29) is 10.4 Å². The van der Waals surface area contributed by atoms with Crippen LogP contribution in [0.4, 0.5) is 13.2 Å². The number of nitrogens with zero attached hydrogens (tertiary/aromatic N) is 3. The van der Waals surface area contributed by atoms with E-state index >= 15 is 0 Å². The number of alkyl halides is 3. The van der Waals surface area contributed by atoms with Crippen molar-refractivity contribution in [2.24, 2.45) is 0 Å². The minimum Gasteiger partial charge on any atom is -0.322 e. The van der Waals surface area contributed by atoms with E-state index in [9.17, 15) is 13.2 Å². The number of nitrogens with one attached hydrogen (secondary N) is 1. The number of rotatable bonds is 1. The second-order valence-corrected chi connectivity index (χ2v) is 4.68. The van der Waals surface area contributed by atoms with Crippen molar-refractivity contribution in [1.29, 1.82) is 0 Å². The molecule has 0 aliphatic heterocycles. The summed E-state index contributed by atoms with van der Waals surface area (Å²) in [6.45, 7) is 0. The molecule has 0 bridgehead atoms. The fourth-order valence-electron chi connectivity index (χ4n) is 1.78. The summed E-state index contributed by atoms with van der Waals surface area (Å²) in [7, 11) is 0. The van der Waals surface area contributed by atoms with Crippen molar-refractivity contribution in [2.45, 2.75) is 6.18 Å². The van der Waals surface area contributed by atoms with Crippen LogP contribution in [0, 0.1) is 0 Å². The van der Waals surface area contributed by atoms with Gasteiger partial charge in [-0.1, -0.05) is 12.1 Å². The number of fused-ring (bicyclic) bond motifs is 1. The van der Waals surface area contributed by atoms with Gasteiger partial charge in [0.25, 0.3) is 0 Å². The number of benzene rings is 1. The maximum atomic E-state index is 13.0. The van der Waals surface area contributed by atoms with Gasteiger partial charge in [-0.3, -0.25) is 0 Å². The molecule has 0 radical (unpaired) electrons. The Kier molecular flexibility index (Phi) is 2.63. The van der Waals surface area contributed by atoms with Gasteiger partial charge in [-0.05, 0) is 28.1 Å². The topological polar surface area (TPSA) is 46.5 Å². The highest BCUT2D eigenvalue weighted by molar-refractivity contribution is 9.10. The van der Waals surface area contributed by atoms with Crippen molar-refractivity contribution in [1.82, 2.24) is 19.7 Å². The van der Waals surface area contributed by atoms with Crippen LogP contribution in [0.25, 0.3) is 17.0 Å². The summed E-state index contributed by atoms with van der Waals surface area (Å²) in [5, 5.41) is 3.70. The van der Waals surface area contributed by atoms with Crippen LogP contribution in [-0.4, -0.2) is 19.7 Å². The third kappa shape index (κ3) is 2.01. The average Bonchev–Trinajstić information content (AvgIpc) is 2.90. The van der Waals surface area contributed by atoms with Crippen molar-refractivity contribution in [2.75, 3.05) is 0 Å². The van der Waals surface area contributed by atoms with Gasteiger partial charge in [0.05, 0.1) is 21.7 Å². The fourth-order valence-corrected chi connectivity index (χ4v) is 2.27. The van der Waals surface area contributed by atoms with Crippen molar-refractivity contribution in [3.8, 4) is 5.95 Å². The summed E-state index contributed by atoms with van der Waals surface area (Å²) in [4.78, 5) is 6.90. The lowest BCUT2D eigenvalue weighted by Crippen LogP contribution is -2.14. The zero-order valence-corrected chi connectivity index (χ0v) is 10.8. The molecule has 0 aliphatic carbocycles. The highest BCUT2D eigenvalue weighted by atomic mass is 79.9. The predicted molar refractivity (Wildman–Crippen MR) is 65.9 cm³/mol. The summed E-state index contributed by atoms with van der Waals surface area (Å²) >= 11 is 2.85. The van der Waals surface area contributed by atoms with E-state index in [2.05, 4.69) is 31.0 Å². The lowest BCUT2D eigenvalue weighted by atomic mass is 10.3. The second kappa shape index (κ2) is 4.09. The zero-order chi connectivity index (χ0) is 13.6.